The molecule has 2 aromatic rings. The molecular formula is C16H23N3O. The average molecular weight is 273 g/mol. The van der Waals surface area contributed by atoms with Gasteiger partial charge < -0.3 is 10.1 Å². The third-order valence-corrected chi connectivity index (χ3v) is 3.33. The maximum absolute atomic E-state index is 5.51. The normalized spacial score (nSPS) is 10.9. The molecule has 2 rings (SSSR count). The van der Waals surface area contributed by atoms with Crippen molar-refractivity contribution in [3.63, 3.8) is 0 Å². The third kappa shape index (κ3) is 3.92. The van der Waals surface area contributed by atoms with Gasteiger partial charge in [-0.25, -0.2) is 0 Å². The molecule has 0 spiro atoms. The summed E-state index contributed by atoms with van der Waals surface area (Å²) in [7, 11) is 1.95. The predicted octanol–water partition coefficient (Wildman–Crippen LogP) is 2.55. The van der Waals surface area contributed by atoms with Gasteiger partial charge >= 0.3 is 0 Å². The highest BCUT2D eigenvalue weighted by molar-refractivity contribution is 5.26. The Morgan fingerprint density at radius 2 is 1.85 bits per heavy atom. The van der Waals surface area contributed by atoms with E-state index in [4.69, 9.17) is 4.74 Å². The van der Waals surface area contributed by atoms with Crippen LogP contribution in [0.15, 0.2) is 30.5 Å². The van der Waals surface area contributed by atoms with Crippen molar-refractivity contribution in [2.75, 3.05) is 6.61 Å². The van der Waals surface area contributed by atoms with Crippen molar-refractivity contribution in [3.8, 4) is 0 Å². The zero-order valence-electron chi connectivity index (χ0n) is 12.5. The number of aryl methyl sites for hydroxylation is 2. The highest BCUT2D eigenvalue weighted by Crippen LogP contribution is 2.11. The number of benzene rings is 1. The summed E-state index contributed by atoms with van der Waals surface area (Å²) in [5.74, 6) is 0. The van der Waals surface area contributed by atoms with Crippen molar-refractivity contribution < 1.29 is 4.74 Å². The van der Waals surface area contributed by atoms with Gasteiger partial charge in [-0.15, -0.1) is 0 Å². The van der Waals surface area contributed by atoms with E-state index in [-0.39, 0.29) is 0 Å². The Kier molecular flexibility index (Phi) is 5.32. The summed E-state index contributed by atoms with van der Waals surface area (Å²) in [5, 5.41) is 7.83. The van der Waals surface area contributed by atoms with E-state index in [1.165, 1.54) is 16.7 Å². The van der Waals surface area contributed by atoms with Crippen LogP contribution in [0, 0.1) is 6.92 Å². The summed E-state index contributed by atoms with van der Waals surface area (Å²) in [6.07, 6.45) is 2.06. The van der Waals surface area contributed by atoms with Crippen molar-refractivity contribution in [1.82, 2.24) is 15.1 Å². The lowest BCUT2D eigenvalue weighted by atomic mass is 10.1. The van der Waals surface area contributed by atoms with Crippen molar-refractivity contribution in [2.24, 2.45) is 7.05 Å². The number of hydrogen-bond acceptors (Lipinski definition) is 3. The highest BCUT2D eigenvalue weighted by Gasteiger charge is 2.04. The van der Waals surface area contributed by atoms with Gasteiger partial charge in [-0.2, -0.15) is 5.10 Å². The van der Waals surface area contributed by atoms with Gasteiger partial charge in [-0.1, -0.05) is 24.3 Å². The summed E-state index contributed by atoms with van der Waals surface area (Å²) in [6, 6.07) is 8.41. The second-order valence-corrected chi connectivity index (χ2v) is 4.92. The second-order valence-electron chi connectivity index (χ2n) is 4.92. The lowest BCUT2D eigenvalue weighted by Crippen LogP contribution is -2.14. The minimum Gasteiger partial charge on any atom is -0.377 e. The first-order chi connectivity index (χ1) is 9.70. The van der Waals surface area contributed by atoms with E-state index in [1.54, 1.807) is 0 Å². The molecule has 20 heavy (non-hydrogen) atoms. The van der Waals surface area contributed by atoms with E-state index < -0.39 is 0 Å². The van der Waals surface area contributed by atoms with Crippen LogP contribution in [0.4, 0.5) is 0 Å². The lowest BCUT2D eigenvalue weighted by molar-refractivity contribution is 0.133. The van der Waals surface area contributed by atoms with E-state index >= 15 is 0 Å². The van der Waals surface area contributed by atoms with Crippen molar-refractivity contribution in [3.05, 3.63) is 52.8 Å². The smallest absolute Gasteiger partial charge is 0.0719 e. The van der Waals surface area contributed by atoms with Crippen molar-refractivity contribution in [2.45, 2.75) is 33.5 Å². The molecule has 0 amide bonds. The first-order valence-corrected chi connectivity index (χ1v) is 7.05. The molecule has 0 aliphatic heterocycles. The molecule has 0 fully saturated rings. The number of ether oxygens (including phenoxy) is 1. The molecule has 0 atom stereocenters. The molecule has 0 aliphatic rings. The zero-order valence-corrected chi connectivity index (χ0v) is 12.5. The molecule has 1 heterocycles. The van der Waals surface area contributed by atoms with Crippen LogP contribution in [0.5, 0.6) is 0 Å². The molecule has 0 unspecified atom stereocenters. The Morgan fingerprint density at radius 1 is 1.15 bits per heavy atom. The Labute approximate surface area is 120 Å². The van der Waals surface area contributed by atoms with Crippen LogP contribution in [-0.4, -0.2) is 16.4 Å². The van der Waals surface area contributed by atoms with Gasteiger partial charge in [0.05, 0.1) is 12.3 Å². The monoisotopic (exact) mass is 273 g/mol. The minimum absolute atomic E-state index is 0.681. The van der Waals surface area contributed by atoms with Crippen LogP contribution < -0.4 is 5.32 Å². The summed E-state index contributed by atoms with van der Waals surface area (Å²) in [6.45, 7) is 7.17. The van der Waals surface area contributed by atoms with Crippen molar-refractivity contribution in [1.29, 1.82) is 0 Å². The standard InChI is InChI=1S/C16H23N3O/c1-4-20-12-15-8-6-5-7-14(15)9-17-10-16-11-19(3)18-13(16)2/h5-8,11,17H,4,9-10,12H2,1-3H3. The van der Waals surface area contributed by atoms with Crippen LogP contribution in [0.25, 0.3) is 0 Å². The van der Waals surface area contributed by atoms with Crippen LogP contribution >= 0.6 is 0 Å². The lowest BCUT2D eigenvalue weighted by Gasteiger charge is -2.10. The fraction of sp³-hybridized carbons (Fsp3) is 0.438. The van der Waals surface area contributed by atoms with Crippen LogP contribution in [0.3, 0.4) is 0 Å². The number of hydrogen-bond donors (Lipinski definition) is 1. The fourth-order valence-electron chi connectivity index (χ4n) is 2.24. The van der Waals surface area contributed by atoms with Gasteiger partial charge in [0.1, 0.15) is 0 Å². The summed E-state index contributed by atoms with van der Waals surface area (Å²) in [5.41, 5.74) is 4.88. The van der Waals surface area contributed by atoms with Gasteiger partial charge in [0.2, 0.25) is 0 Å². The molecule has 1 aromatic carbocycles. The predicted molar refractivity (Wildman–Crippen MR) is 80.3 cm³/mol. The van der Waals surface area contributed by atoms with Crippen LogP contribution in [0.2, 0.25) is 0 Å². The summed E-state index contributed by atoms with van der Waals surface area (Å²) in [4.78, 5) is 0. The van der Waals surface area contributed by atoms with E-state index in [2.05, 4.69) is 40.9 Å². The number of rotatable bonds is 7. The fourth-order valence-corrected chi connectivity index (χ4v) is 2.24. The van der Waals surface area contributed by atoms with Crippen LogP contribution in [-0.2, 0) is 31.5 Å². The minimum atomic E-state index is 0.681. The molecule has 0 saturated carbocycles. The molecule has 0 aliphatic carbocycles. The number of nitrogens with zero attached hydrogens (tertiary/aromatic N) is 2. The number of aromatic nitrogens is 2. The first-order valence-electron chi connectivity index (χ1n) is 7.05. The first kappa shape index (κ1) is 14.8. The van der Waals surface area contributed by atoms with E-state index in [0.29, 0.717) is 6.61 Å². The SMILES string of the molecule is CCOCc1ccccc1CNCc1cn(C)nc1C. The Bertz CT molecular complexity index is 548. The maximum atomic E-state index is 5.51. The van der Waals surface area contributed by atoms with Gasteiger partial charge in [-0.3, -0.25) is 4.68 Å². The molecule has 1 aromatic heterocycles. The van der Waals surface area contributed by atoms with Gasteiger partial charge in [-0.05, 0) is 25.0 Å². The molecular weight excluding hydrogens is 250 g/mol. The number of nitrogens with one attached hydrogen (secondary N) is 1. The molecule has 0 bridgehead atoms. The van der Waals surface area contributed by atoms with Gasteiger partial charge in [0, 0.05) is 38.5 Å². The van der Waals surface area contributed by atoms with Crippen LogP contribution in [0.1, 0.15) is 29.3 Å². The quantitative estimate of drug-likeness (QED) is 0.842. The summed E-state index contributed by atoms with van der Waals surface area (Å²) >= 11 is 0. The largest absolute Gasteiger partial charge is 0.377 e. The second kappa shape index (κ2) is 7.22. The average Bonchev–Trinajstić information content (AvgIpc) is 2.76. The van der Waals surface area contributed by atoms with E-state index in [9.17, 15) is 0 Å². The molecule has 4 nitrogen and oxygen atoms in total. The van der Waals surface area contributed by atoms with Crippen molar-refractivity contribution >= 4 is 0 Å². The Balaban J connectivity index is 1.92. The Hall–Kier alpha value is -1.65. The summed E-state index contributed by atoms with van der Waals surface area (Å²) < 4.78 is 7.36. The van der Waals surface area contributed by atoms with E-state index in [1.807, 2.05) is 25.6 Å². The topological polar surface area (TPSA) is 39.1 Å². The highest BCUT2D eigenvalue weighted by atomic mass is 16.5. The maximum Gasteiger partial charge on any atom is 0.0719 e. The molecule has 0 radical (unpaired) electrons. The zero-order chi connectivity index (χ0) is 14.4. The Morgan fingerprint density at radius 3 is 2.50 bits per heavy atom. The molecule has 1 N–H and O–H groups in total. The van der Waals surface area contributed by atoms with Gasteiger partial charge in [0.15, 0.2) is 0 Å². The molecule has 108 valence electrons. The molecule has 0 saturated heterocycles. The van der Waals surface area contributed by atoms with Gasteiger partial charge in [0.25, 0.3) is 0 Å². The third-order valence-electron chi connectivity index (χ3n) is 3.33. The molecule has 4 heteroatoms. The van der Waals surface area contributed by atoms with E-state index in [0.717, 1.165) is 25.4 Å².